The second-order valence-electron chi connectivity index (χ2n) is 8.97. The van der Waals surface area contributed by atoms with Gasteiger partial charge in [0.25, 0.3) is 0 Å². The number of aliphatic hydroxyl groups excluding tert-OH is 3. The highest BCUT2D eigenvalue weighted by Gasteiger charge is 2.51. The molecule has 1 aromatic carbocycles. The van der Waals surface area contributed by atoms with Gasteiger partial charge in [-0.2, -0.15) is 11.8 Å². The molecule has 2 aliphatic heterocycles. The molecule has 3 rings (SSSR count). The number of carbonyl (C=O) groups is 1. The van der Waals surface area contributed by atoms with Gasteiger partial charge in [-0.05, 0) is 0 Å². The first-order chi connectivity index (χ1) is 14.6. The van der Waals surface area contributed by atoms with Gasteiger partial charge in [-0.25, -0.2) is 0 Å². The van der Waals surface area contributed by atoms with Gasteiger partial charge >= 0.3 is 0 Å². The zero-order valence-electron chi connectivity index (χ0n) is 18.4. The summed E-state index contributed by atoms with van der Waals surface area (Å²) in [5.41, 5.74) is 0.800. The molecule has 0 bridgehead atoms. The Bertz CT molecular complexity index is 728. The highest BCUT2D eigenvalue weighted by atomic mass is 32.2. The van der Waals surface area contributed by atoms with Gasteiger partial charge in [0, 0.05) is 29.5 Å². The fourth-order valence-corrected chi connectivity index (χ4v) is 4.59. The van der Waals surface area contributed by atoms with Crippen LogP contribution in [0, 0.1) is 0 Å². The number of hydrogen-bond acceptors (Lipinski definition) is 8. The van der Waals surface area contributed by atoms with Crippen LogP contribution in [0.1, 0.15) is 39.5 Å². The smallest absolute Gasteiger partial charge is 0.220 e. The number of rotatable bonds is 6. The number of aliphatic hydroxyl groups is 3. The molecule has 7 atom stereocenters. The third-order valence-corrected chi connectivity index (χ3v) is 6.72. The Balaban J connectivity index is 1.72. The van der Waals surface area contributed by atoms with Crippen molar-refractivity contribution in [3.05, 3.63) is 35.9 Å². The van der Waals surface area contributed by atoms with Gasteiger partial charge in [-0.1, -0.05) is 51.1 Å². The van der Waals surface area contributed by atoms with E-state index in [1.165, 1.54) is 11.8 Å². The Morgan fingerprint density at radius 3 is 2.52 bits per heavy atom. The monoisotopic (exact) mass is 455 g/mol. The Labute approximate surface area is 187 Å². The van der Waals surface area contributed by atoms with Gasteiger partial charge < -0.3 is 34.4 Å². The molecule has 8 nitrogen and oxygen atoms in total. The quantitative estimate of drug-likeness (QED) is 0.589. The number of benzene rings is 1. The van der Waals surface area contributed by atoms with Crippen molar-refractivity contribution in [3.63, 3.8) is 0 Å². The number of ether oxygens (including phenoxy) is 3. The number of hydrogen-bond donors (Lipinski definition) is 3. The van der Waals surface area contributed by atoms with E-state index in [-0.39, 0.29) is 23.8 Å². The van der Waals surface area contributed by atoms with Crippen LogP contribution in [0.4, 0.5) is 0 Å². The maximum atomic E-state index is 12.4. The van der Waals surface area contributed by atoms with E-state index in [9.17, 15) is 20.1 Å². The van der Waals surface area contributed by atoms with Crippen molar-refractivity contribution in [3.8, 4) is 0 Å². The Morgan fingerprint density at radius 2 is 1.90 bits per heavy atom. The molecule has 1 unspecified atom stereocenters. The summed E-state index contributed by atoms with van der Waals surface area (Å²) in [6.45, 7) is 7.57. The fraction of sp³-hybridized carbons (Fsp3) is 0.682. The molecule has 1 aromatic rings. The van der Waals surface area contributed by atoms with Gasteiger partial charge in [-0.15, -0.1) is 0 Å². The molecule has 1 amide bonds. The minimum absolute atomic E-state index is 0.0312. The second kappa shape index (κ2) is 10.2. The van der Waals surface area contributed by atoms with Crippen LogP contribution >= 0.6 is 11.8 Å². The number of thioether (sulfide) groups is 1. The lowest BCUT2D eigenvalue weighted by atomic mass is 9.94. The van der Waals surface area contributed by atoms with Crippen LogP contribution in [0.25, 0.3) is 0 Å². The predicted molar refractivity (Wildman–Crippen MR) is 116 cm³/mol. The van der Waals surface area contributed by atoms with Crippen LogP contribution in [0.2, 0.25) is 0 Å². The molecule has 2 aliphatic rings. The summed E-state index contributed by atoms with van der Waals surface area (Å²) >= 11 is 1.57. The molecule has 0 saturated carbocycles. The predicted octanol–water partition coefficient (Wildman–Crippen LogP) is 1.29. The van der Waals surface area contributed by atoms with Crippen molar-refractivity contribution in [1.29, 1.82) is 0 Å². The van der Waals surface area contributed by atoms with Crippen LogP contribution in [-0.4, -0.2) is 86.5 Å². The first-order valence-corrected chi connectivity index (χ1v) is 11.5. The van der Waals surface area contributed by atoms with E-state index in [4.69, 9.17) is 14.2 Å². The molecular weight excluding hydrogens is 422 g/mol. The van der Waals surface area contributed by atoms with Crippen LogP contribution in [-0.2, 0) is 19.0 Å². The molecule has 2 fully saturated rings. The standard InChI is InChI=1S/C22H33NO7S/c1-13(24)23(10-15(25)12-31-22(2,3)4)17-18(26)19-16(29-20(17)27)11-28-21(30-19)14-8-6-5-7-9-14/h5-9,15-21,25-27H,10-12H2,1-4H3/t15-,16+,17+,18+,19+,20+,21?/m0/s1. The van der Waals surface area contributed by atoms with E-state index in [0.717, 1.165) is 5.56 Å². The molecule has 2 heterocycles. The topological polar surface area (TPSA) is 109 Å². The van der Waals surface area contributed by atoms with E-state index < -0.39 is 43.0 Å². The lowest BCUT2D eigenvalue weighted by Crippen LogP contribution is -2.67. The van der Waals surface area contributed by atoms with E-state index in [1.807, 2.05) is 51.1 Å². The van der Waals surface area contributed by atoms with E-state index in [1.54, 1.807) is 11.8 Å². The number of carbonyl (C=O) groups excluding carboxylic acids is 1. The Hall–Kier alpha value is -1.20. The Kier molecular flexibility index (Phi) is 8.01. The fourth-order valence-electron chi connectivity index (χ4n) is 3.80. The van der Waals surface area contributed by atoms with Gasteiger partial charge in [0.1, 0.15) is 24.4 Å². The van der Waals surface area contributed by atoms with E-state index in [2.05, 4.69) is 0 Å². The first kappa shape index (κ1) is 24.4. The molecule has 0 radical (unpaired) electrons. The SMILES string of the molecule is CC(=O)N(C[C@H](O)CSC(C)(C)C)[C@@H]1[C@@H](O)[C@@H]2OC(c3ccccc3)OC[C@H]2O[C@H]1O. The molecule has 2 saturated heterocycles. The molecule has 0 aliphatic carbocycles. The number of fused-ring (bicyclic) bond motifs is 1. The summed E-state index contributed by atoms with van der Waals surface area (Å²) in [6, 6.07) is 8.26. The third-order valence-electron chi connectivity index (χ3n) is 5.30. The first-order valence-electron chi connectivity index (χ1n) is 10.5. The summed E-state index contributed by atoms with van der Waals surface area (Å²) in [5, 5.41) is 32.2. The lowest BCUT2D eigenvalue weighted by molar-refractivity contribution is -0.345. The van der Waals surface area contributed by atoms with Crippen molar-refractivity contribution >= 4 is 17.7 Å². The van der Waals surface area contributed by atoms with Crippen LogP contribution in [0.5, 0.6) is 0 Å². The maximum Gasteiger partial charge on any atom is 0.220 e. The summed E-state index contributed by atoms with van der Waals surface area (Å²) in [5.74, 6) is 0.0381. The summed E-state index contributed by atoms with van der Waals surface area (Å²) in [4.78, 5) is 13.7. The van der Waals surface area contributed by atoms with Gasteiger partial charge in [0.05, 0.1) is 12.7 Å². The number of amides is 1. The highest BCUT2D eigenvalue weighted by molar-refractivity contribution is 8.00. The molecule has 174 valence electrons. The Morgan fingerprint density at radius 1 is 1.23 bits per heavy atom. The largest absolute Gasteiger partial charge is 0.390 e. The van der Waals surface area contributed by atoms with Gasteiger partial charge in [0.2, 0.25) is 5.91 Å². The molecule has 31 heavy (non-hydrogen) atoms. The average Bonchev–Trinajstić information content (AvgIpc) is 2.71. The second-order valence-corrected chi connectivity index (χ2v) is 10.8. The molecule has 9 heteroatoms. The van der Waals surface area contributed by atoms with Gasteiger partial charge in [-0.3, -0.25) is 4.79 Å². The van der Waals surface area contributed by atoms with E-state index >= 15 is 0 Å². The van der Waals surface area contributed by atoms with E-state index in [0.29, 0.717) is 5.75 Å². The van der Waals surface area contributed by atoms with Gasteiger partial charge in [0.15, 0.2) is 12.6 Å². The molecular formula is C22H33NO7S. The minimum atomic E-state index is -1.43. The zero-order chi connectivity index (χ0) is 22.8. The van der Waals surface area contributed by atoms with Crippen molar-refractivity contribution < 1.29 is 34.3 Å². The van der Waals surface area contributed by atoms with Crippen molar-refractivity contribution in [2.75, 3.05) is 18.9 Å². The third kappa shape index (κ3) is 6.19. The number of nitrogens with zero attached hydrogens (tertiary/aromatic N) is 1. The minimum Gasteiger partial charge on any atom is -0.390 e. The van der Waals surface area contributed by atoms with Crippen molar-refractivity contribution in [1.82, 2.24) is 4.90 Å². The molecule has 3 N–H and O–H groups in total. The maximum absolute atomic E-state index is 12.4. The zero-order valence-corrected chi connectivity index (χ0v) is 19.2. The van der Waals surface area contributed by atoms with Crippen LogP contribution in [0.3, 0.4) is 0 Å². The van der Waals surface area contributed by atoms with Crippen LogP contribution in [0.15, 0.2) is 30.3 Å². The lowest BCUT2D eigenvalue weighted by Gasteiger charge is -2.49. The van der Waals surface area contributed by atoms with Crippen molar-refractivity contribution in [2.24, 2.45) is 0 Å². The molecule has 0 spiro atoms. The summed E-state index contributed by atoms with van der Waals surface area (Å²) in [7, 11) is 0. The summed E-state index contributed by atoms with van der Waals surface area (Å²) in [6.07, 6.45) is -5.61. The summed E-state index contributed by atoms with van der Waals surface area (Å²) < 4.78 is 17.3. The average molecular weight is 456 g/mol. The van der Waals surface area contributed by atoms with Crippen molar-refractivity contribution in [2.45, 2.75) is 75.5 Å². The highest BCUT2D eigenvalue weighted by Crippen LogP contribution is 2.35. The molecule has 0 aromatic heterocycles. The van der Waals surface area contributed by atoms with Crippen LogP contribution < -0.4 is 0 Å². The normalized spacial score (nSPS) is 32.2.